The van der Waals surface area contributed by atoms with E-state index in [9.17, 15) is 9.18 Å². The molecule has 2 aromatic rings. The zero-order valence-corrected chi connectivity index (χ0v) is 12.4. The Labute approximate surface area is 131 Å². The molecule has 0 bridgehead atoms. The van der Waals surface area contributed by atoms with Crippen LogP contribution in [0, 0.1) is 5.82 Å². The molecule has 0 aliphatic carbocycles. The summed E-state index contributed by atoms with van der Waals surface area (Å²) in [5.41, 5.74) is 1.38. The average Bonchev–Trinajstić information content (AvgIpc) is 2.42. The topological polar surface area (TPSA) is 40.5 Å². The molecule has 0 heterocycles. The van der Waals surface area contributed by atoms with Gasteiger partial charge < -0.3 is 10.0 Å². The second kappa shape index (κ2) is 6.78. The van der Waals surface area contributed by atoms with Gasteiger partial charge in [0.1, 0.15) is 12.4 Å². The van der Waals surface area contributed by atoms with Crippen LogP contribution in [0.1, 0.15) is 5.56 Å². The van der Waals surface area contributed by atoms with Gasteiger partial charge in [-0.3, -0.25) is 4.79 Å². The highest BCUT2D eigenvalue weighted by Crippen LogP contribution is 2.23. The highest BCUT2D eigenvalue weighted by atomic mass is 35.5. The average molecular weight is 328 g/mol. The number of anilines is 1. The molecule has 0 aliphatic heterocycles. The number of nitrogens with zero attached hydrogens (tertiary/aromatic N) is 1. The van der Waals surface area contributed by atoms with E-state index in [1.165, 1.54) is 12.1 Å². The Kier molecular flexibility index (Phi) is 5.04. The van der Waals surface area contributed by atoms with E-state index in [0.717, 1.165) is 0 Å². The lowest BCUT2D eigenvalue weighted by atomic mass is 10.2. The lowest BCUT2D eigenvalue weighted by Gasteiger charge is -2.23. The fourth-order valence-electron chi connectivity index (χ4n) is 1.93. The number of rotatable bonds is 5. The zero-order valence-electron chi connectivity index (χ0n) is 10.9. The van der Waals surface area contributed by atoms with Gasteiger partial charge in [0.25, 0.3) is 0 Å². The number of benzene rings is 2. The van der Waals surface area contributed by atoms with Crippen molar-refractivity contribution in [1.29, 1.82) is 0 Å². The second-order valence-corrected chi connectivity index (χ2v) is 5.32. The Bertz CT molecular complexity index is 664. The first-order valence-electron chi connectivity index (χ1n) is 6.12. The van der Waals surface area contributed by atoms with E-state index in [0.29, 0.717) is 16.3 Å². The predicted molar refractivity (Wildman–Crippen MR) is 81.5 cm³/mol. The molecule has 0 atom stereocenters. The van der Waals surface area contributed by atoms with Crippen molar-refractivity contribution in [2.45, 2.75) is 6.54 Å². The van der Waals surface area contributed by atoms with Crippen molar-refractivity contribution in [2.24, 2.45) is 0 Å². The van der Waals surface area contributed by atoms with Crippen molar-refractivity contribution in [1.82, 2.24) is 0 Å². The summed E-state index contributed by atoms with van der Waals surface area (Å²) in [4.78, 5) is 12.6. The standard InChI is InChI=1S/C15H12Cl2FNO2/c16-11-2-1-3-12(7-11)19(9-15(20)21)8-10-4-5-14(18)13(17)6-10/h1-7H,8-9H2,(H,20,21). The maximum absolute atomic E-state index is 13.2. The Hall–Kier alpha value is -1.78. The van der Waals surface area contributed by atoms with Crippen molar-refractivity contribution in [2.75, 3.05) is 11.4 Å². The summed E-state index contributed by atoms with van der Waals surface area (Å²) in [5, 5.41) is 9.55. The third-order valence-corrected chi connectivity index (χ3v) is 3.38. The van der Waals surface area contributed by atoms with Gasteiger partial charge in [0.05, 0.1) is 5.02 Å². The minimum atomic E-state index is -0.969. The van der Waals surface area contributed by atoms with Crippen LogP contribution in [-0.2, 0) is 11.3 Å². The van der Waals surface area contributed by atoms with Crippen LogP contribution in [0.25, 0.3) is 0 Å². The molecular formula is C15H12Cl2FNO2. The number of carboxylic acids is 1. The Morgan fingerprint density at radius 2 is 1.95 bits per heavy atom. The molecule has 0 spiro atoms. The van der Waals surface area contributed by atoms with Crippen molar-refractivity contribution in [3.05, 3.63) is 63.9 Å². The van der Waals surface area contributed by atoms with E-state index in [1.54, 1.807) is 35.2 Å². The highest BCUT2D eigenvalue weighted by molar-refractivity contribution is 6.31. The molecule has 1 N–H and O–H groups in total. The first kappa shape index (κ1) is 15.6. The summed E-state index contributed by atoms with van der Waals surface area (Å²) in [6.07, 6.45) is 0. The van der Waals surface area contributed by atoms with Crippen molar-refractivity contribution in [3.63, 3.8) is 0 Å². The van der Waals surface area contributed by atoms with E-state index in [2.05, 4.69) is 0 Å². The SMILES string of the molecule is O=C(O)CN(Cc1ccc(F)c(Cl)c1)c1cccc(Cl)c1. The number of carboxylic acid groups (broad SMARTS) is 1. The third kappa shape index (κ3) is 4.34. The van der Waals surface area contributed by atoms with Crippen LogP contribution in [0.4, 0.5) is 10.1 Å². The molecule has 6 heteroatoms. The molecule has 2 aromatic carbocycles. The first-order valence-corrected chi connectivity index (χ1v) is 6.87. The molecule has 0 aliphatic rings. The van der Waals surface area contributed by atoms with Gasteiger partial charge in [-0.1, -0.05) is 35.3 Å². The summed E-state index contributed by atoms with van der Waals surface area (Å²) in [5.74, 6) is -1.48. The van der Waals surface area contributed by atoms with E-state index >= 15 is 0 Å². The number of hydrogen-bond acceptors (Lipinski definition) is 2. The monoisotopic (exact) mass is 327 g/mol. The Balaban J connectivity index is 2.27. The molecule has 0 saturated heterocycles. The van der Waals surface area contributed by atoms with Gasteiger partial charge in [-0.25, -0.2) is 4.39 Å². The number of carbonyl (C=O) groups is 1. The fraction of sp³-hybridized carbons (Fsp3) is 0.133. The molecule has 0 fully saturated rings. The smallest absolute Gasteiger partial charge is 0.323 e. The molecule has 3 nitrogen and oxygen atoms in total. The van der Waals surface area contributed by atoms with E-state index in [-0.39, 0.29) is 18.1 Å². The predicted octanol–water partition coefficient (Wildman–Crippen LogP) is 4.22. The van der Waals surface area contributed by atoms with Crippen LogP contribution in [0.5, 0.6) is 0 Å². The second-order valence-electron chi connectivity index (χ2n) is 4.48. The molecule has 0 unspecified atom stereocenters. The van der Waals surface area contributed by atoms with Gasteiger partial charge in [-0.15, -0.1) is 0 Å². The van der Waals surface area contributed by atoms with Gasteiger partial charge in [0.2, 0.25) is 0 Å². The van der Waals surface area contributed by atoms with Crippen LogP contribution < -0.4 is 4.90 Å². The van der Waals surface area contributed by atoms with Crippen molar-refractivity contribution >= 4 is 34.9 Å². The van der Waals surface area contributed by atoms with Crippen molar-refractivity contribution < 1.29 is 14.3 Å². The van der Waals surface area contributed by atoms with Gasteiger partial charge >= 0.3 is 5.97 Å². The third-order valence-electron chi connectivity index (χ3n) is 2.86. The minimum absolute atomic E-state index is 0.00821. The molecule has 0 aromatic heterocycles. The molecule has 2 rings (SSSR count). The highest BCUT2D eigenvalue weighted by Gasteiger charge is 2.13. The fourth-order valence-corrected chi connectivity index (χ4v) is 2.32. The lowest BCUT2D eigenvalue weighted by molar-refractivity contribution is -0.135. The molecular weight excluding hydrogens is 316 g/mol. The van der Waals surface area contributed by atoms with E-state index in [4.69, 9.17) is 28.3 Å². The summed E-state index contributed by atoms with van der Waals surface area (Å²) >= 11 is 11.7. The quantitative estimate of drug-likeness (QED) is 0.893. The van der Waals surface area contributed by atoms with Crippen LogP contribution in [0.2, 0.25) is 10.0 Å². The largest absolute Gasteiger partial charge is 0.480 e. The van der Waals surface area contributed by atoms with Crippen LogP contribution >= 0.6 is 23.2 Å². The molecule has 110 valence electrons. The zero-order chi connectivity index (χ0) is 15.4. The number of hydrogen-bond donors (Lipinski definition) is 1. The maximum Gasteiger partial charge on any atom is 0.323 e. The van der Waals surface area contributed by atoms with Crippen molar-refractivity contribution in [3.8, 4) is 0 Å². The summed E-state index contributed by atoms with van der Waals surface area (Å²) in [7, 11) is 0. The Morgan fingerprint density at radius 1 is 1.19 bits per heavy atom. The van der Waals surface area contributed by atoms with Gasteiger partial charge in [-0.05, 0) is 35.9 Å². The molecule has 0 radical (unpaired) electrons. The van der Waals surface area contributed by atoms with E-state index in [1.807, 2.05) is 0 Å². The lowest BCUT2D eigenvalue weighted by Crippen LogP contribution is -2.29. The summed E-state index contributed by atoms with van der Waals surface area (Å²) in [6, 6.07) is 11.2. The van der Waals surface area contributed by atoms with Crippen LogP contribution in [0.3, 0.4) is 0 Å². The minimum Gasteiger partial charge on any atom is -0.480 e. The normalized spacial score (nSPS) is 10.4. The van der Waals surface area contributed by atoms with E-state index < -0.39 is 11.8 Å². The Morgan fingerprint density at radius 3 is 2.57 bits per heavy atom. The van der Waals surface area contributed by atoms with Gasteiger partial charge in [-0.2, -0.15) is 0 Å². The first-order chi connectivity index (χ1) is 9.95. The molecule has 0 amide bonds. The van der Waals surface area contributed by atoms with Gasteiger partial charge in [0, 0.05) is 17.3 Å². The van der Waals surface area contributed by atoms with Gasteiger partial charge in [0.15, 0.2) is 0 Å². The van der Waals surface area contributed by atoms with Crippen LogP contribution in [0.15, 0.2) is 42.5 Å². The summed E-state index contributed by atoms with van der Waals surface area (Å²) < 4.78 is 13.2. The number of halogens is 3. The summed E-state index contributed by atoms with van der Waals surface area (Å²) in [6.45, 7) is 0.0853. The number of aliphatic carboxylic acids is 1. The molecule has 0 saturated carbocycles. The molecule has 21 heavy (non-hydrogen) atoms. The maximum atomic E-state index is 13.2. The van der Waals surface area contributed by atoms with Crippen LogP contribution in [-0.4, -0.2) is 17.6 Å².